The van der Waals surface area contributed by atoms with E-state index in [2.05, 4.69) is 4.72 Å². The molecule has 8 heteroatoms. The van der Waals surface area contributed by atoms with E-state index in [1.165, 1.54) is 11.4 Å². The van der Waals surface area contributed by atoms with Crippen LogP contribution in [0.15, 0.2) is 0 Å². The first kappa shape index (κ1) is 13.8. The Bertz CT molecular complexity index is 295. The number of aliphatic hydroxyl groups is 1. The molecule has 0 spiro atoms. The molecule has 96 valence electrons. The van der Waals surface area contributed by atoms with Gasteiger partial charge in [-0.1, -0.05) is 0 Å². The van der Waals surface area contributed by atoms with Gasteiger partial charge in [0, 0.05) is 20.2 Å². The van der Waals surface area contributed by atoms with Crippen molar-refractivity contribution >= 4 is 10.2 Å². The van der Waals surface area contributed by atoms with E-state index in [0.717, 1.165) is 0 Å². The summed E-state index contributed by atoms with van der Waals surface area (Å²) in [6.45, 7) is 1.11. The van der Waals surface area contributed by atoms with Crippen LogP contribution in [0.2, 0.25) is 0 Å². The molecule has 16 heavy (non-hydrogen) atoms. The van der Waals surface area contributed by atoms with Crippen molar-refractivity contribution in [3.8, 4) is 0 Å². The number of rotatable bonds is 6. The first-order valence-electron chi connectivity index (χ1n) is 5.06. The molecule has 0 aromatic rings. The second kappa shape index (κ2) is 6.48. The first-order chi connectivity index (χ1) is 7.61. The maximum Gasteiger partial charge on any atom is 0.280 e. The number of aliphatic hydroxyl groups excluding tert-OH is 1. The van der Waals surface area contributed by atoms with Crippen molar-refractivity contribution in [3.05, 3.63) is 0 Å². The number of nitrogens with zero attached hydrogens (tertiary/aromatic N) is 1. The van der Waals surface area contributed by atoms with Gasteiger partial charge in [0.25, 0.3) is 10.2 Å². The van der Waals surface area contributed by atoms with Crippen LogP contribution in [-0.4, -0.2) is 70.5 Å². The first-order valence-corrected chi connectivity index (χ1v) is 6.50. The Hall–Kier alpha value is -0.250. The van der Waals surface area contributed by atoms with E-state index in [0.29, 0.717) is 13.2 Å². The summed E-state index contributed by atoms with van der Waals surface area (Å²) in [5.74, 6) is 0. The highest BCUT2D eigenvalue weighted by atomic mass is 32.2. The summed E-state index contributed by atoms with van der Waals surface area (Å²) in [5.41, 5.74) is 0. The van der Waals surface area contributed by atoms with Crippen LogP contribution in [0.4, 0.5) is 0 Å². The molecule has 2 N–H and O–H groups in total. The Labute approximate surface area is 95.5 Å². The van der Waals surface area contributed by atoms with Gasteiger partial charge in [-0.25, -0.2) is 0 Å². The lowest BCUT2D eigenvalue weighted by Crippen LogP contribution is -2.54. The minimum absolute atomic E-state index is 0.217. The summed E-state index contributed by atoms with van der Waals surface area (Å²) in [6, 6.07) is -0.506. The van der Waals surface area contributed by atoms with Crippen molar-refractivity contribution < 1.29 is 23.0 Å². The van der Waals surface area contributed by atoms with Gasteiger partial charge in [0.1, 0.15) is 0 Å². The monoisotopic (exact) mass is 254 g/mol. The van der Waals surface area contributed by atoms with Crippen LogP contribution in [0.1, 0.15) is 0 Å². The lowest BCUT2D eigenvalue weighted by atomic mass is 10.3. The number of methoxy groups -OCH3 is 1. The summed E-state index contributed by atoms with van der Waals surface area (Å²) in [6.07, 6.45) is 0. The third-order valence-electron chi connectivity index (χ3n) is 2.28. The van der Waals surface area contributed by atoms with Crippen LogP contribution >= 0.6 is 0 Å². The molecule has 1 atom stereocenters. The normalized spacial score (nSPS) is 23.5. The summed E-state index contributed by atoms with van der Waals surface area (Å²) < 4.78 is 37.1. The van der Waals surface area contributed by atoms with Crippen molar-refractivity contribution in [2.75, 3.05) is 46.6 Å². The largest absolute Gasteiger partial charge is 0.395 e. The zero-order valence-corrected chi connectivity index (χ0v) is 10.1. The number of hydrogen-bond acceptors (Lipinski definition) is 5. The molecule has 0 aliphatic carbocycles. The van der Waals surface area contributed by atoms with Gasteiger partial charge in [-0.05, 0) is 0 Å². The highest BCUT2D eigenvalue weighted by Gasteiger charge is 2.31. The van der Waals surface area contributed by atoms with Gasteiger partial charge >= 0.3 is 0 Å². The van der Waals surface area contributed by atoms with Crippen molar-refractivity contribution in [1.29, 1.82) is 0 Å². The molecular formula is C8H18N2O5S. The van der Waals surface area contributed by atoms with Gasteiger partial charge in [0.05, 0.1) is 32.5 Å². The molecule has 1 fully saturated rings. The second-order valence-electron chi connectivity index (χ2n) is 3.41. The maximum atomic E-state index is 11.8. The van der Waals surface area contributed by atoms with Crippen LogP contribution < -0.4 is 4.72 Å². The highest BCUT2D eigenvalue weighted by Crippen LogP contribution is 2.10. The van der Waals surface area contributed by atoms with Crippen molar-refractivity contribution in [2.45, 2.75) is 6.04 Å². The van der Waals surface area contributed by atoms with Gasteiger partial charge in [-0.2, -0.15) is 17.4 Å². The van der Waals surface area contributed by atoms with E-state index in [9.17, 15) is 8.42 Å². The maximum absolute atomic E-state index is 11.8. The highest BCUT2D eigenvalue weighted by molar-refractivity contribution is 7.87. The third-order valence-corrected chi connectivity index (χ3v) is 3.95. The van der Waals surface area contributed by atoms with Crippen molar-refractivity contribution in [3.63, 3.8) is 0 Å². The van der Waals surface area contributed by atoms with Crippen LogP contribution in [0.3, 0.4) is 0 Å². The fourth-order valence-electron chi connectivity index (χ4n) is 1.46. The molecule has 0 radical (unpaired) electrons. The summed E-state index contributed by atoms with van der Waals surface area (Å²) in [5, 5.41) is 9.06. The van der Waals surface area contributed by atoms with E-state index in [4.69, 9.17) is 14.6 Å². The molecule has 1 heterocycles. The number of morpholine rings is 1. The Morgan fingerprint density at radius 1 is 1.62 bits per heavy atom. The molecule has 0 bridgehead atoms. The van der Waals surface area contributed by atoms with Crippen LogP contribution in [-0.2, 0) is 19.7 Å². The number of nitrogens with one attached hydrogen (secondary N) is 1. The quantitative estimate of drug-likeness (QED) is 0.544. The van der Waals surface area contributed by atoms with Gasteiger partial charge in [0.2, 0.25) is 0 Å². The molecular weight excluding hydrogens is 236 g/mol. The Balaban J connectivity index is 2.57. The Kier molecular flexibility index (Phi) is 5.59. The molecule has 1 unspecified atom stereocenters. The minimum Gasteiger partial charge on any atom is -0.395 e. The van der Waals surface area contributed by atoms with Crippen LogP contribution in [0, 0.1) is 0 Å². The third kappa shape index (κ3) is 3.65. The topological polar surface area (TPSA) is 88.1 Å². The average molecular weight is 254 g/mol. The van der Waals surface area contributed by atoms with Crippen molar-refractivity contribution in [2.24, 2.45) is 0 Å². The molecule has 1 saturated heterocycles. The fraction of sp³-hybridized carbons (Fsp3) is 1.00. The Morgan fingerprint density at radius 2 is 2.38 bits per heavy atom. The lowest BCUT2D eigenvalue weighted by Gasteiger charge is -2.33. The van der Waals surface area contributed by atoms with Gasteiger partial charge in [0.15, 0.2) is 0 Å². The minimum atomic E-state index is -3.55. The fourth-order valence-corrected chi connectivity index (χ4v) is 2.80. The predicted octanol–water partition coefficient (Wildman–Crippen LogP) is -1.84. The molecule has 0 aromatic carbocycles. The van der Waals surface area contributed by atoms with E-state index in [1.807, 2.05) is 0 Å². The molecule has 1 aliphatic rings. The predicted molar refractivity (Wildman–Crippen MR) is 57.2 cm³/mol. The molecule has 0 saturated carbocycles. The van der Waals surface area contributed by atoms with E-state index in [1.54, 1.807) is 0 Å². The molecule has 0 aromatic heterocycles. The SMILES string of the molecule is COCCNS(=O)(=O)N1CCOCC1CO. The molecule has 0 amide bonds. The summed E-state index contributed by atoms with van der Waals surface area (Å²) in [7, 11) is -2.05. The summed E-state index contributed by atoms with van der Waals surface area (Å²) in [4.78, 5) is 0. The smallest absolute Gasteiger partial charge is 0.280 e. The van der Waals surface area contributed by atoms with Gasteiger partial charge in [-0.3, -0.25) is 0 Å². The van der Waals surface area contributed by atoms with E-state index < -0.39 is 16.3 Å². The van der Waals surface area contributed by atoms with Crippen LogP contribution in [0.25, 0.3) is 0 Å². The molecule has 1 aliphatic heterocycles. The van der Waals surface area contributed by atoms with Gasteiger partial charge < -0.3 is 14.6 Å². The molecule has 1 rings (SSSR count). The summed E-state index contributed by atoms with van der Waals surface area (Å²) >= 11 is 0. The standard InChI is InChI=1S/C8H18N2O5S/c1-14-4-2-9-16(12,13)10-3-5-15-7-8(10)6-11/h8-9,11H,2-7H2,1H3. The number of ether oxygens (including phenoxy) is 2. The van der Waals surface area contributed by atoms with Gasteiger partial charge in [-0.15, -0.1) is 0 Å². The second-order valence-corrected chi connectivity index (χ2v) is 5.12. The Morgan fingerprint density at radius 3 is 3.00 bits per heavy atom. The zero-order chi connectivity index (χ0) is 12.0. The van der Waals surface area contributed by atoms with Crippen LogP contribution in [0.5, 0.6) is 0 Å². The van der Waals surface area contributed by atoms with Crippen molar-refractivity contribution in [1.82, 2.24) is 9.03 Å². The number of hydrogen-bond donors (Lipinski definition) is 2. The van der Waals surface area contributed by atoms with E-state index >= 15 is 0 Å². The lowest BCUT2D eigenvalue weighted by molar-refractivity contribution is 0.0103. The zero-order valence-electron chi connectivity index (χ0n) is 9.26. The average Bonchev–Trinajstić information content (AvgIpc) is 2.29. The van der Waals surface area contributed by atoms with E-state index in [-0.39, 0.29) is 26.3 Å². The molecule has 7 nitrogen and oxygen atoms in total.